The summed E-state index contributed by atoms with van der Waals surface area (Å²) in [5, 5.41) is 8.47. The Morgan fingerprint density at radius 3 is 2.63 bits per heavy atom. The molecule has 0 spiro atoms. The number of rotatable bonds is 5. The molecule has 1 unspecified atom stereocenters. The van der Waals surface area contributed by atoms with Crippen molar-refractivity contribution in [3.63, 3.8) is 0 Å². The number of carboxylic acids is 1. The summed E-state index contributed by atoms with van der Waals surface area (Å²) < 4.78 is 32.4. The van der Waals surface area contributed by atoms with Crippen molar-refractivity contribution in [1.82, 2.24) is 9.21 Å². The van der Waals surface area contributed by atoms with Crippen LogP contribution in [0.15, 0.2) is 24.3 Å². The highest BCUT2D eigenvalue weighted by atomic mass is 32.2. The van der Waals surface area contributed by atoms with E-state index in [-0.39, 0.29) is 24.4 Å². The number of carboxylic acid groups (broad SMARTS) is 1. The first-order valence-corrected chi connectivity index (χ1v) is 10.5. The van der Waals surface area contributed by atoms with Gasteiger partial charge in [0.25, 0.3) is 0 Å². The number of sulfonamides is 1. The van der Waals surface area contributed by atoms with Crippen LogP contribution in [-0.2, 0) is 26.0 Å². The molecule has 2 aliphatic rings. The molecule has 1 amide bonds. The van der Waals surface area contributed by atoms with E-state index < -0.39 is 21.2 Å². The molecule has 2 heterocycles. The van der Waals surface area contributed by atoms with Gasteiger partial charge >= 0.3 is 5.97 Å². The summed E-state index contributed by atoms with van der Waals surface area (Å²) in [7, 11) is -3.46. The number of piperidine rings is 1. The number of ether oxygens (including phenoxy) is 1. The van der Waals surface area contributed by atoms with Gasteiger partial charge in [-0.25, -0.2) is 13.2 Å². The molecule has 0 saturated carbocycles. The van der Waals surface area contributed by atoms with E-state index in [1.54, 1.807) is 17.0 Å². The summed E-state index contributed by atoms with van der Waals surface area (Å²) in [4.78, 5) is 25.3. The predicted octanol–water partition coefficient (Wildman–Crippen LogP) is 0.580. The largest absolute Gasteiger partial charge is 0.478 e. The smallest absolute Gasteiger partial charge is 0.335 e. The number of nitrogens with zero attached hydrogens (tertiary/aromatic N) is 2. The second kappa shape index (κ2) is 8.37. The lowest BCUT2D eigenvalue weighted by molar-refractivity contribution is -0.131. The van der Waals surface area contributed by atoms with Crippen LogP contribution < -0.4 is 0 Å². The molecule has 9 heteroatoms. The number of benzene rings is 1. The third-order valence-corrected chi connectivity index (χ3v) is 7.32. The Kier molecular flexibility index (Phi) is 6.13. The van der Waals surface area contributed by atoms with Crippen molar-refractivity contribution in [2.45, 2.75) is 24.5 Å². The molecule has 0 radical (unpaired) electrons. The van der Waals surface area contributed by atoms with Crippen LogP contribution in [-0.4, -0.2) is 79.2 Å². The second-order valence-corrected chi connectivity index (χ2v) is 9.06. The van der Waals surface area contributed by atoms with Crippen molar-refractivity contribution in [2.24, 2.45) is 0 Å². The molecule has 148 valence electrons. The van der Waals surface area contributed by atoms with E-state index in [1.807, 2.05) is 0 Å². The maximum atomic E-state index is 12.9. The van der Waals surface area contributed by atoms with Gasteiger partial charge in [0.05, 0.1) is 30.4 Å². The van der Waals surface area contributed by atoms with Gasteiger partial charge in [0.1, 0.15) is 0 Å². The predicted molar refractivity (Wildman–Crippen MR) is 98.0 cm³/mol. The minimum Gasteiger partial charge on any atom is -0.478 e. The molecule has 0 aromatic heterocycles. The van der Waals surface area contributed by atoms with Crippen molar-refractivity contribution >= 4 is 21.9 Å². The molecule has 1 aromatic rings. The molecule has 0 aliphatic carbocycles. The van der Waals surface area contributed by atoms with Gasteiger partial charge in [-0.2, -0.15) is 4.31 Å². The molecular weight excluding hydrogens is 372 g/mol. The zero-order valence-electron chi connectivity index (χ0n) is 15.0. The maximum Gasteiger partial charge on any atom is 0.335 e. The average Bonchev–Trinajstić information content (AvgIpc) is 2.69. The number of carbonyl (C=O) groups is 2. The minimum atomic E-state index is -3.46. The van der Waals surface area contributed by atoms with E-state index in [2.05, 4.69) is 0 Å². The summed E-state index contributed by atoms with van der Waals surface area (Å²) in [5.74, 6) is -1.22. The lowest BCUT2D eigenvalue weighted by Crippen LogP contribution is -2.52. The topological polar surface area (TPSA) is 104 Å². The van der Waals surface area contributed by atoms with E-state index in [0.29, 0.717) is 51.3 Å². The van der Waals surface area contributed by atoms with Gasteiger partial charge in [-0.3, -0.25) is 4.79 Å². The standard InChI is InChI=1S/C18H24N2O6S/c21-17(12-14-3-1-4-15(11-14)18(22)23)19-6-2-5-16(13-19)27(24,25)20-7-9-26-10-8-20/h1,3-4,11,16H,2,5-10,12-13H2,(H,22,23). The normalized spacial score (nSPS) is 21.8. The summed E-state index contributed by atoms with van der Waals surface area (Å²) in [6.07, 6.45) is 1.23. The van der Waals surface area contributed by atoms with E-state index in [4.69, 9.17) is 9.84 Å². The lowest BCUT2D eigenvalue weighted by atomic mass is 10.1. The Morgan fingerprint density at radius 2 is 1.93 bits per heavy atom. The Balaban J connectivity index is 1.66. The number of carbonyl (C=O) groups excluding carboxylic acids is 1. The third-order valence-electron chi connectivity index (χ3n) is 5.01. The summed E-state index contributed by atoms with van der Waals surface area (Å²) in [5.41, 5.74) is 0.741. The van der Waals surface area contributed by atoms with Crippen molar-refractivity contribution < 1.29 is 27.9 Å². The van der Waals surface area contributed by atoms with Crippen LogP contribution in [0.2, 0.25) is 0 Å². The molecular formula is C18H24N2O6S. The first kappa shape index (κ1) is 19.8. The van der Waals surface area contributed by atoms with Crippen molar-refractivity contribution in [1.29, 1.82) is 0 Å². The fraction of sp³-hybridized carbons (Fsp3) is 0.556. The fourth-order valence-electron chi connectivity index (χ4n) is 3.52. The van der Waals surface area contributed by atoms with Gasteiger partial charge in [-0.05, 0) is 30.5 Å². The van der Waals surface area contributed by atoms with Crippen molar-refractivity contribution in [2.75, 3.05) is 39.4 Å². The van der Waals surface area contributed by atoms with E-state index in [0.717, 1.165) is 0 Å². The van der Waals surface area contributed by atoms with Crippen LogP contribution in [0.1, 0.15) is 28.8 Å². The van der Waals surface area contributed by atoms with Gasteiger partial charge < -0.3 is 14.7 Å². The quantitative estimate of drug-likeness (QED) is 0.781. The van der Waals surface area contributed by atoms with Gasteiger partial charge in [0, 0.05) is 26.2 Å². The molecule has 3 rings (SSSR count). The highest BCUT2D eigenvalue weighted by molar-refractivity contribution is 7.89. The van der Waals surface area contributed by atoms with E-state index in [1.165, 1.54) is 16.4 Å². The van der Waals surface area contributed by atoms with Crippen LogP contribution in [0.3, 0.4) is 0 Å². The van der Waals surface area contributed by atoms with Crippen LogP contribution in [0.25, 0.3) is 0 Å². The minimum absolute atomic E-state index is 0.0610. The number of likely N-dealkylation sites (tertiary alicyclic amines) is 1. The Morgan fingerprint density at radius 1 is 1.19 bits per heavy atom. The van der Waals surface area contributed by atoms with Gasteiger partial charge in [0.15, 0.2) is 0 Å². The van der Waals surface area contributed by atoms with E-state index in [9.17, 15) is 18.0 Å². The molecule has 27 heavy (non-hydrogen) atoms. The summed E-state index contributed by atoms with van der Waals surface area (Å²) in [6, 6.07) is 6.26. The SMILES string of the molecule is O=C(O)c1cccc(CC(=O)N2CCCC(S(=O)(=O)N3CCOCC3)C2)c1. The Bertz CT molecular complexity index is 804. The fourth-order valence-corrected chi connectivity index (χ4v) is 5.43. The number of hydrogen-bond donors (Lipinski definition) is 1. The molecule has 1 atom stereocenters. The first-order valence-electron chi connectivity index (χ1n) is 9.04. The Hall–Kier alpha value is -1.97. The summed E-state index contributed by atoms with van der Waals surface area (Å²) >= 11 is 0. The molecule has 2 saturated heterocycles. The Labute approximate surface area is 158 Å². The average molecular weight is 396 g/mol. The molecule has 0 bridgehead atoms. The van der Waals surface area contributed by atoms with Gasteiger partial charge in [-0.15, -0.1) is 0 Å². The van der Waals surface area contributed by atoms with Crippen molar-refractivity contribution in [3.05, 3.63) is 35.4 Å². The number of morpholine rings is 1. The highest BCUT2D eigenvalue weighted by Gasteiger charge is 2.37. The number of hydrogen-bond acceptors (Lipinski definition) is 5. The maximum absolute atomic E-state index is 12.9. The van der Waals surface area contributed by atoms with E-state index >= 15 is 0 Å². The molecule has 2 aliphatic heterocycles. The summed E-state index contributed by atoms with van der Waals surface area (Å²) in [6.45, 7) is 2.20. The monoisotopic (exact) mass is 396 g/mol. The zero-order valence-corrected chi connectivity index (χ0v) is 15.9. The van der Waals surface area contributed by atoms with Crippen LogP contribution >= 0.6 is 0 Å². The molecule has 8 nitrogen and oxygen atoms in total. The lowest BCUT2D eigenvalue weighted by Gasteiger charge is -2.36. The van der Waals surface area contributed by atoms with Crippen LogP contribution in [0, 0.1) is 0 Å². The molecule has 1 N–H and O–H groups in total. The van der Waals surface area contributed by atoms with Gasteiger partial charge in [-0.1, -0.05) is 12.1 Å². The molecule has 2 fully saturated rings. The first-order chi connectivity index (χ1) is 12.9. The van der Waals surface area contributed by atoms with Gasteiger partial charge in [0.2, 0.25) is 15.9 Å². The van der Waals surface area contributed by atoms with Crippen LogP contribution in [0.5, 0.6) is 0 Å². The highest BCUT2D eigenvalue weighted by Crippen LogP contribution is 2.22. The number of amides is 1. The van der Waals surface area contributed by atoms with Crippen molar-refractivity contribution in [3.8, 4) is 0 Å². The molecule has 1 aromatic carbocycles. The zero-order chi connectivity index (χ0) is 19.4. The second-order valence-electron chi connectivity index (χ2n) is 6.84. The third kappa shape index (κ3) is 4.66. The van der Waals surface area contributed by atoms with Crippen LogP contribution in [0.4, 0.5) is 0 Å². The number of aromatic carboxylic acids is 1.